The van der Waals surface area contributed by atoms with Gasteiger partial charge in [-0.1, -0.05) is 24.3 Å². The van der Waals surface area contributed by atoms with Gasteiger partial charge in [-0.05, 0) is 61.1 Å². The number of rotatable bonds is 4. The van der Waals surface area contributed by atoms with Crippen LogP contribution in [0.1, 0.15) is 25.7 Å². The minimum atomic E-state index is -0.257. The van der Waals surface area contributed by atoms with Gasteiger partial charge in [0.05, 0.1) is 12.0 Å². The molecule has 0 radical (unpaired) electrons. The highest BCUT2D eigenvalue weighted by molar-refractivity contribution is 5.75. The molecular formula is C20H21FO3. The fraction of sp³-hybridized carbons (Fsp3) is 0.350. The Morgan fingerprint density at radius 3 is 2.00 bits per heavy atom. The molecule has 126 valence electrons. The lowest BCUT2D eigenvalue weighted by Gasteiger charge is -2.26. The molecule has 0 bridgehead atoms. The van der Waals surface area contributed by atoms with Gasteiger partial charge in [0.25, 0.3) is 0 Å². The molecule has 0 aliphatic heterocycles. The van der Waals surface area contributed by atoms with E-state index in [4.69, 9.17) is 9.47 Å². The quantitative estimate of drug-likeness (QED) is 0.607. The summed E-state index contributed by atoms with van der Waals surface area (Å²) in [6.45, 7) is 0. The normalized spacial score (nSPS) is 20.6. The summed E-state index contributed by atoms with van der Waals surface area (Å²) in [7, 11) is 1.71. The first kappa shape index (κ1) is 16.7. The molecule has 0 N–H and O–H groups in total. The van der Waals surface area contributed by atoms with Gasteiger partial charge in [0.2, 0.25) is 0 Å². The summed E-state index contributed by atoms with van der Waals surface area (Å²) in [4.78, 5) is 12.3. The Kier molecular flexibility index (Phi) is 5.26. The highest BCUT2D eigenvalue weighted by Gasteiger charge is 2.27. The molecule has 1 fully saturated rings. The van der Waals surface area contributed by atoms with Gasteiger partial charge in [-0.2, -0.15) is 0 Å². The van der Waals surface area contributed by atoms with E-state index in [1.54, 1.807) is 31.4 Å². The van der Waals surface area contributed by atoms with E-state index in [1.165, 1.54) is 12.1 Å². The average Bonchev–Trinajstić information content (AvgIpc) is 2.63. The lowest BCUT2D eigenvalue weighted by atomic mass is 9.87. The van der Waals surface area contributed by atoms with E-state index in [9.17, 15) is 9.18 Å². The molecule has 1 saturated carbocycles. The number of methoxy groups -OCH3 is 1. The van der Waals surface area contributed by atoms with Crippen LogP contribution in [0, 0.1) is 11.7 Å². The smallest absolute Gasteiger partial charge is 0.314 e. The van der Waals surface area contributed by atoms with Gasteiger partial charge in [0, 0.05) is 7.11 Å². The van der Waals surface area contributed by atoms with Gasteiger partial charge < -0.3 is 9.47 Å². The van der Waals surface area contributed by atoms with Crippen molar-refractivity contribution in [3.05, 3.63) is 54.3 Å². The highest BCUT2D eigenvalue weighted by Crippen LogP contribution is 2.28. The first-order valence-electron chi connectivity index (χ1n) is 8.26. The maximum absolute atomic E-state index is 13.0. The van der Waals surface area contributed by atoms with Crippen molar-refractivity contribution in [1.29, 1.82) is 0 Å². The zero-order chi connectivity index (χ0) is 16.9. The molecule has 1 aliphatic carbocycles. The Morgan fingerprint density at radius 2 is 1.46 bits per heavy atom. The van der Waals surface area contributed by atoms with E-state index in [-0.39, 0.29) is 23.8 Å². The minimum absolute atomic E-state index is 0.0480. The molecule has 0 unspecified atom stereocenters. The summed E-state index contributed by atoms with van der Waals surface area (Å²) in [5.41, 5.74) is 1.88. The number of ether oxygens (including phenoxy) is 2. The maximum atomic E-state index is 13.0. The van der Waals surface area contributed by atoms with Crippen LogP contribution in [0.25, 0.3) is 11.1 Å². The first-order valence-corrected chi connectivity index (χ1v) is 8.26. The summed E-state index contributed by atoms with van der Waals surface area (Å²) in [6.07, 6.45) is 3.69. The van der Waals surface area contributed by atoms with E-state index in [0.717, 1.165) is 36.8 Å². The second-order valence-electron chi connectivity index (χ2n) is 6.16. The van der Waals surface area contributed by atoms with Crippen LogP contribution in [0.5, 0.6) is 5.75 Å². The Morgan fingerprint density at radius 1 is 0.917 bits per heavy atom. The number of benzene rings is 2. The van der Waals surface area contributed by atoms with E-state index in [1.807, 2.05) is 12.1 Å². The largest absolute Gasteiger partial charge is 0.426 e. The van der Waals surface area contributed by atoms with Crippen molar-refractivity contribution in [2.75, 3.05) is 7.11 Å². The van der Waals surface area contributed by atoms with Gasteiger partial charge in [0.1, 0.15) is 11.6 Å². The molecule has 4 heteroatoms. The Bertz CT molecular complexity index is 671. The molecule has 0 spiro atoms. The van der Waals surface area contributed by atoms with Crippen molar-refractivity contribution in [2.45, 2.75) is 31.8 Å². The third kappa shape index (κ3) is 4.01. The van der Waals surface area contributed by atoms with Crippen molar-refractivity contribution in [2.24, 2.45) is 5.92 Å². The number of hydrogen-bond acceptors (Lipinski definition) is 3. The third-order valence-electron chi connectivity index (χ3n) is 4.59. The fourth-order valence-corrected chi connectivity index (χ4v) is 3.09. The second kappa shape index (κ2) is 7.58. The maximum Gasteiger partial charge on any atom is 0.314 e. The van der Waals surface area contributed by atoms with Crippen LogP contribution in [-0.2, 0) is 9.53 Å². The van der Waals surface area contributed by atoms with Crippen LogP contribution in [0.15, 0.2) is 48.5 Å². The Balaban J connectivity index is 1.60. The van der Waals surface area contributed by atoms with Crippen molar-refractivity contribution < 1.29 is 18.7 Å². The molecule has 0 heterocycles. The average molecular weight is 328 g/mol. The van der Waals surface area contributed by atoms with Gasteiger partial charge >= 0.3 is 5.97 Å². The molecule has 0 atom stereocenters. The van der Waals surface area contributed by atoms with Crippen LogP contribution < -0.4 is 4.74 Å². The van der Waals surface area contributed by atoms with Crippen molar-refractivity contribution in [3.63, 3.8) is 0 Å². The molecule has 0 aromatic heterocycles. The van der Waals surface area contributed by atoms with E-state index in [2.05, 4.69) is 0 Å². The molecule has 2 aromatic rings. The number of esters is 1. The molecule has 1 aliphatic rings. The number of carbonyl (C=O) groups excluding carboxylic acids is 1. The van der Waals surface area contributed by atoms with Crippen LogP contribution in [0.2, 0.25) is 0 Å². The zero-order valence-electron chi connectivity index (χ0n) is 13.7. The lowest BCUT2D eigenvalue weighted by molar-refractivity contribution is -0.140. The Hall–Kier alpha value is -2.20. The summed E-state index contributed by atoms with van der Waals surface area (Å²) in [6, 6.07) is 13.6. The van der Waals surface area contributed by atoms with Crippen LogP contribution in [0.4, 0.5) is 4.39 Å². The van der Waals surface area contributed by atoms with Gasteiger partial charge in [-0.15, -0.1) is 0 Å². The summed E-state index contributed by atoms with van der Waals surface area (Å²) in [5, 5.41) is 0. The standard InChI is InChI=1S/C20H21FO3/c1-23-18-10-6-16(7-11-18)20(22)24-19-12-4-15(5-13-19)14-2-8-17(21)9-3-14/h2-5,8-9,12-13,16,18H,6-7,10-11H2,1H3. The minimum Gasteiger partial charge on any atom is -0.426 e. The van der Waals surface area contributed by atoms with E-state index >= 15 is 0 Å². The number of carbonyl (C=O) groups is 1. The monoisotopic (exact) mass is 328 g/mol. The molecule has 3 rings (SSSR count). The number of halogens is 1. The SMILES string of the molecule is COC1CCC(C(=O)Oc2ccc(-c3ccc(F)cc3)cc2)CC1. The second-order valence-corrected chi connectivity index (χ2v) is 6.16. The summed E-state index contributed by atoms with van der Waals surface area (Å²) in [5.74, 6) is 0.0690. The molecule has 2 aromatic carbocycles. The Labute approximate surface area is 141 Å². The lowest BCUT2D eigenvalue weighted by Crippen LogP contribution is -2.28. The van der Waals surface area contributed by atoms with E-state index in [0.29, 0.717) is 5.75 Å². The molecule has 24 heavy (non-hydrogen) atoms. The molecule has 0 amide bonds. The summed E-state index contributed by atoms with van der Waals surface area (Å²) >= 11 is 0. The molecular weight excluding hydrogens is 307 g/mol. The summed E-state index contributed by atoms with van der Waals surface area (Å²) < 4.78 is 23.8. The highest BCUT2D eigenvalue weighted by atomic mass is 19.1. The first-order chi connectivity index (χ1) is 11.7. The van der Waals surface area contributed by atoms with Crippen molar-refractivity contribution in [1.82, 2.24) is 0 Å². The van der Waals surface area contributed by atoms with Crippen molar-refractivity contribution in [3.8, 4) is 16.9 Å². The van der Waals surface area contributed by atoms with E-state index < -0.39 is 0 Å². The number of hydrogen-bond donors (Lipinski definition) is 0. The fourth-order valence-electron chi connectivity index (χ4n) is 3.09. The van der Waals surface area contributed by atoms with Gasteiger partial charge in [0.15, 0.2) is 0 Å². The third-order valence-corrected chi connectivity index (χ3v) is 4.59. The predicted octanol–water partition coefficient (Wildman–Crippen LogP) is 4.60. The van der Waals surface area contributed by atoms with Crippen LogP contribution >= 0.6 is 0 Å². The van der Waals surface area contributed by atoms with Crippen LogP contribution in [-0.4, -0.2) is 19.2 Å². The predicted molar refractivity (Wildman–Crippen MR) is 90.2 cm³/mol. The van der Waals surface area contributed by atoms with Crippen molar-refractivity contribution >= 4 is 5.97 Å². The molecule has 3 nitrogen and oxygen atoms in total. The topological polar surface area (TPSA) is 35.5 Å². The van der Waals surface area contributed by atoms with Gasteiger partial charge in [-0.3, -0.25) is 4.79 Å². The zero-order valence-corrected chi connectivity index (χ0v) is 13.7. The molecule has 0 saturated heterocycles. The van der Waals surface area contributed by atoms with Gasteiger partial charge in [-0.25, -0.2) is 4.39 Å². The van der Waals surface area contributed by atoms with Crippen LogP contribution in [0.3, 0.4) is 0 Å².